The van der Waals surface area contributed by atoms with Crippen molar-refractivity contribution >= 4 is 35.4 Å². The molecule has 1 rings (SSSR count). The minimum atomic E-state index is -2.67. The predicted molar refractivity (Wildman–Crippen MR) is 108 cm³/mol. The first-order valence-electron chi connectivity index (χ1n) is 7.62. The van der Waals surface area contributed by atoms with Crippen molar-refractivity contribution in [3.8, 4) is 0 Å². The van der Waals surface area contributed by atoms with Crippen LogP contribution < -0.4 is 5.30 Å². The van der Waals surface area contributed by atoms with Gasteiger partial charge in [0, 0.05) is 56.4 Å². The minimum absolute atomic E-state index is 0.780. The number of nitrogens with zero attached hydrogens (tertiary/aromatic N) is 6. The molecule has 6 nitrogen and oxygen atoms in total. The zero-order valence-electron chi connectivity index (χ0n) is 15.9. The topological polar surface area (TPSA) is 37.7 Å². The Hall–Kier alpha value is -1.52. The molecule has 0 spiro atoms. The van der Waals surface area contributed by atoms with Crippen molar-refractivity contribution in [2.75, 3.05) is 56.4 Å². The zero-order chi connectivity index (χ0) is 18.5. The van der Waals surface area contributed by atoms with E-state index in [4.69, 9.17) is 20.8 Å². The Morgan fingerprint density at radius 1 is 0.708 bits per heavy atom. The lowest BCUT2D eigenvalue weighted by Gasteiger charge is -2.25. The van der Waals surface area contributed by atoms with Gasteiger partial charge in [-0.25, -0.2) is 0 Å². The lowest BCUT2D eigenvalue weighted by molar-refractivity contribution is 0.484. The summed E-state index contributed by atoms with van der Waals surface area (Å²) in [7, 11) is 15.6. The van der Waals surface area contributed by atoms with Crippen molar-refractivity contribution in [2.45, 2.75) is 0 Å². The van der Waals surface area contributed by atoms with Gasteiger partial charge in [0.25, 0.3) is 0 Å². The standard InChI is InChI=1S/C16H29ClN6P/c1-20(2)15(21(3)4)18-24(17,14-12-10-9-11-13-14)19-16(22(5)6)23(7)8/h9-13H,1-8H3/q+1. The molecule has 0 aliphatic rings. The number of halogens is 1. The summed E-state index contributed by atoms with van der Waals surface area (Å²) in [4.78, 5) is 7.78. The third-order valence-electron chi connectivity index (χ3n) is 3.13. The van der Waals surface area contributed by atoms with Gasteiger partial charge in [-0.2, -0.15) is 0 Å². The molecule has 0 aromatic heterocycles. The number of hydrogen-bond acceptors (Lipinski definition) is 2. The lowest BCUT2D eigenvalue weighted by Crippen LogP contribution is -2.37. The molecule has 0 fully saturated rings. The number of guanidine groups is 2. The van der Waals surface area contributed by atoms with Gasteiger partial charge in [-0.15, -0.1) is 0 Å². The molecule has 0 N–H and O–H groups in total. The molecule has 134 valence electrons. The van der Waals surface area contributed by atoms with Crippen molar-refractivity contribution in [3.05, 3.63) is 30.3 Å². The normalized spacial score (nSPS) is 10.7. The summed E-state index contributed by atoms with van der Waals surface area (Å²) < 4.78 is 9.77. The van der Waals surface area contributed by atoms with E-state index in [-0.39, 0.29) is 0 Å². The van der Waals surface area contributed by atoms with Crippen LogP contribution in [0.5, 0.6) is 0 Å². The second-order valence-electron chi connectivity index (χ2n) is 6.24. The lowest BCUT2D eigenvalue weighted by atomic mass is 10.4. The summed E-state index contributed by atoms with van der Waals surface area (Å²) in [6, 6.07) is 9.87. The van der Waals surface area contributed by atoms with Crippen molar-refractivity contribution in [1.29, 1.82) is 0 Å². The van der Waals surface area contributed by atoms with Gasteiger partial charge in [-0.1, -0.05) is 18.2 Å². The maximum Gasteiger partial charge on any atom is 0.385 e. The van der Waals surface area contributed by atoms with E-state index in [1.54, 1.807) is 0 Å². The van der Waals surface area contributed by atoms with Crippen LogP contribution in [-0.4, -0.2) is 87.9 Å². The summed E-state index contributed by atoms with van der Waals surface area (Å²) in [6.07, 6.45) is 0. The molecule has 1 aromatic rings. The fraction of sp³-hybridized carbons (Fsp3) is 0.500. The molecule has 0 saturated heterocycles. The minimum Gasteiger partial charge on any atom is -0.346 e. The number of hydrogen-bond donors (Lipinski definition) is 0. The maximum atomic E-state index is 7.06. The van der Waals surface area contributed by atoms with Gasteiger partial charge in [0.2, 0.25) is 11.9 Å². The highest BCUT2D eigenvalue weighted by Gasteiger charge is 2.43. The van der Waals surface area contributed by atoms with Crippen LogP contribution in [0.1, 0.15) is 0 Å². The molecule has 24 heavy (non-hydrogen) atoms. The molecular formula is C16H29ClN6P+. The van der Waals surface area contributed by atoms with Gasteiger partial charge >= 0.3 is 6.92 Å². The molecule has 0 amide bonds. The fourth-order valence-electron chi connectivity index (χ4n) is 2.15. The van der Waals surface area contributed by atoms with E-state index in [0.717, 1.165) is 17.2 Å². The highest BCUT2D eigenvalue weighted by molar-refractivity contribution is 8.02. The van der Waals surface area contributed by atoms with E-state index in [2.05, 4.69) is 0 Å². The van der Waals surface area contributed by atoms with E-state index < -0.39 is 6.92 Å². The second-order valence-corrected chi connectivity index (χ2v) is 9.62. The third-order valence-corrected chi connectivity index (χ3v) is 6.01. The predicted octanol–water partition coefficient (Wildman–Crippen LogP) is 2.27. The first kappa shape index (κ1) is 20.5. The van der Waals surface area contributed by atoms with Crippen LogP contribution in [0.3, 0.4) is 0 Å². The molecule has 0 radical (unpaired) electrons. The van der Waals surface area contributed by atoms with E-state index in [1.165, 1.54) is 0 Å². The zero-order valence-corrected chi connectivity index (χ0v) is 17.5. The van der Waals surface area contributed by atoms with Gasteiger partial charge in [0.05, 0.1) is 0 Å². The third kappa shape index (κ3) is 5.25. The molecule has 0 aliphatic carbocycles. The second kappa shape index (κ2) is 8.54. The Morgan fingerprint density at radius 2 is 1.04 bits per heavy atom. The van der Waals surface area contributed by atoms with Gasteiger partial charge in [0.1, 0.15) is 0 Å². The van der Waals surface area contributed by atoms with E-state index in [1.807, 2.05) is 106 Å². The average molecular weight is 372 g/mol. The van der Waals surface area contributed by atoms with E-state index >= 15 is 0 Å². The monoisotopic (exact) mass is 371 g/mol. The number of benzene rings is 1. The van der Waals surface area contributed by atoms with Crippen LogP contribution in [0.25, 0.3) is 0 Å². The molecular weight excluding hydrogens is 343 g/mol. The Balaban J connectivity index is 3.59. The van der Waals surface area contributed by atoms with Crippen molar-refractivity contribution in [3.63, 3.8) is 0 Å². The Labute approximate surface area is 151 Å². The van der Waals surface area contributed by atoms with Crippen LogP contribution in [0, 0.1) is 0 Å². The Kier molecular flexibility index (Phi) is 7.30. The quantitative estimate of drug-likeness (QED) is 0.464. The summed E-state index contributed by atoms with van der Waals surface area (Å²) >= 11 is 7.06. The van der Waals surface area contributed by atoms with Crippen molar-refractivity contribution in [1.82, 2.24) is 19.6 Å². The van der Waals surface area contributed by atoms with Crippen molar-refractivity contribution in [2.24, 2.45) is 9.53 Å². The van der Waals surface area contributed by atoms with Gasteiger partial charge in [-0.05, 0) is 21.7 Å². The van der Waals surface area contributed by atoms with Crippen molar-refractivity contribution < 1.29 is 0 Å². The summed E-state index contributed by atoms with van der Waals surface area (Å²) in [5.74, 6) is 1.56. The average Bonchev–Trinajstić information content (AvgIpc) is 2.50. The van der Waals surface area contributed by atoms with Gasteiger partial charge < -0.3 is 19.6 Å². The molecule has 8 heteroatoms. The Morgan fingerprint density at radius 3 is 1.33 bits per heavy atom. The fourth-order valence-corrected chi connectivity index (χ4v) is 4.91. The molecule has 1 aromatic carbocycles. The number of rotatable bonds is 3. The molecule has 0 unspecified atom stereocenters. The van der Waals surface area contributed by atoms with Crippen LogP contribution in [0.15, 0.2) is 39.9 Å². The maximum absolute atomic E-state index is 7.06. The largest absolute Gasteiger partial charge is 0.385 e. The summed E-state index contributed by atoms with van der Waals surface area (Å²) in [5.41, 5.74) is 0. The molecule has 0 atom stereocenters. The summed E-state index contributed by atoms with van der Waals surface area (Å²) in [5, 5.41) is 0.925. The Bertz CT molecular complexity index is 533. The smallest absolute Gasteiger partial charge is 0.346 e. The molecule has 0 saturated carbocycles. The van der Waals surface area contributed by atoms with E-state index in [9.17, 15) is 0 Å². The van der Waals surface area contributed by atoms with E-state index in [0.29, 0.717) is 0 Å². The molecule has 0 heterocycles. The molecule has 0 bridgehead atoms. The van der Waals surface area contributed by atoms with Gasteiger partial charge in [-0.3, -0.25) is 0 Å². The highest BCUT2D eigenvalue weighted by atomic mass is 35.7. The van der Waals surface area contributed by atoms with Crippen LogP contribution >= 0.6 is 18.2 Å². The van der Waals surface area contributed by atoms with Crippen LogP contribution in [0.2, 0.25) is 0 Å². The van der Waals surface area contributed by atoms with Crippen LogP contribution in [0.4, 0.5) is 0 Å². The first-order chi connectivity index (χ1) is 11.1. The van der Waals surface area contributed by atoms with Gasteiger partial charge in [0.15, 0.2) is 16.5 Å². The first-order valence-corrected chi connectivity index (χ1v) is 10.2. The summed E-state index contributed by atoms with van der Waals surface area (Å²) in [6.45, 7) is -2.67. The highest BCUT2D eigenvalue weighted by Crippen LogP contribution is 2.66. The molecule has 0 aliphatic heterocycles. The SMILES string of the molecule is CN(C)C(=N[P+](Cl)(N=C(N(C)C)N(C)C)c1ccccc1)N(C)C. The van der Waals surface area contributed by atoms with Crippen LogP contribution in [-0.2, 0) is 0 Å².